The van der Waals surface area contributed by atoms with Crippen LogP contribution in [0.4, 0.5) is 13.2 Å². The molecule has 0 fully saturated rings. The highest BCUT2D eigenvalue weighted by atomic mass is 19.4. The lowest BCUT2D eigenvalue weighted by atomic mass is 9.97. The summed E-state index contributed by atoms with van der Waals surface area (Å²) in [5.74, 6) is -0.603. The first-order valence-electron chi connectivity index (χ1n) is 12.0. The van der Waals surface area contributed by atoms with E-state index in [1.807, 2.05) is 55.9 Å². The number of aromatic nitrogens is 5. The van der Waals surface area contributed by atoms with Gasteiger partial charge >= 0.3 is 6.18 Å². The minimum Gasteiger partial charge on any atom is -0.347 e. The highest BCUT2D eigenvalue weighted by Crippen LogP contribution is 2.36. The van der Waals surface area contributed by atoms with Crippen molar-refractivity contribution in [3.05, 3.63) is 70.7 Å². The molecule has 1 aliphatic rings. The molecule has 1 N–H and O–H groups in total. The summed E-state index contributed by atoms with van der Waals surface area (Å²) in [6, 6.07) is 5.78. The van der Waals surface area contributed by atoms with E-state index in [-0.39, 0.29) is 18.7 Å². The Hall–Kier alpha value is -3.69. The second-order valence-electron chi connectivity index (χ2n) is 9.36. The van der Waals surface area contributed by atoms with Crippen LogP contribution < -0.4 is 5.32 Å². The molecule has 1 amide bonds. The number of halogens is 3. The van der Waals surface area contributed by atoms with E-state index in [1.165, 1.54) is 0 Å². The molecule has 0 saturated heterocycles. The maximum Gasteiger partial charge on any atom is 0.392 e. The number of benzene rings is 1. The molecule has 5 rings (SSSR count). The van der Waals surface area contributed by atoms with E-state index in [1.54, 1.807) is 10.6 Å². The zero-order valence-corrected chi connectivity index (χ0v) is 20.4. The third kappa shape index (κ3) is 4.47. The summed E-state index contributed by atoms with van der Waals surface area (Å²) in [5.41, 5.74) is 5.48. The molecular formula is C26H27F3N6O. The van der Waals surface area contributed by atoms with Crippen LogP contribution in [-0.2, 0) is 25.9 Å². The van der Waals surface area contributed by atoms with E-state index in [9.17, 15) is 18.0 Å². The molecule has 1 unspecified atom stereocenters. The first-order valence-corrected chi connectivity index (χ1v) is 12.0. The van der Waals surface area contributed by atoms with Gasteiger partial charge in [-0.15, -0.1) is 0 Å². The Balaban J connectivity index is 1.32. The van der Waals surface area contributed by atoms with Crippen molar-refractivity contribution in [2.45, 2.75) is 59.3 Å². The van der Waals surface area contributed by atoms with Crippen molar-refractivity contribution in [1.29, 1.82) is 0 Å². The molecule has 7 nitrogen and oxygen atoms in total. The molecule has 0 bridgehead atoms. The summed E-state index contributed by atoms with van der Waals surface area (Å²) in [4.78, 5) is 26.4. The third-order valence-electron chi connectivity index (χ3n) is 6.72. The van der Waals surface area contributed by atoms with Gasteiger partial charge in [0.1, 0.15) is 11.5 Å². The van der Waals surface area contributed by atoms with Crippen molar-refractivity contribution >= 4 is 11.7 Å². The lowest BCUT2D eigenvalue weighted by Gasteiger charge is -2.25. The van der Waals surface area contributed by atoms with Gasteiger partial charge in [-0.25, -0.2) is 15.0 Å². The summed E-state index contributed by atoms with van der Waals surface area (Å²) in [6.07, 6.45) is 1.80. The number of nitrogens with zero attached hydrogens (tertiary/aromatic N) is 5. The monoisotopic (exact) mass is 496 g/mol. The molecule has 36 heavy (non-hydrogen) atoms. The Morgan fingerprint density at radius 3 is 2.72 bits per heavy atom. The number of imidazole rings is 2. The predicted molar refractivity (Wildman–Crippen MR) is 129 cm³/mol. The van der Waals surface area contributed by atoms with Crippen LogP contribution in [0.5, 0.6) is 0 Å². The molecule has 0 radical (unpaired) electrons. The number of aryl methyl sites for hydroxylation is 4. The van der Waals surface area contributed by atoms with Gasteiger partial charge in [-0.1, -0.05) is 25.1 Å². The van der Waals surface area contributed by atoms with E-state index in [4.69, 9.17) is 0 Å². The van der Waals surface area contributed by atoms with Crippen LogP contribution in [0.25, 0.3) is 17.0 Å². The number of hydrogen-bond acceptors (Lipinski definition) is 4. The van der Waals surface area contributed by atoms with E-state index < -0.39 is 12.1 Å². The summed E-state index contributed by atoms with van der Waals surface area (Å²) in [7, 11) is 0. The van der Waals surface area contributed by atoms with E-state index >= 15 is 0 Å². The summed E-state index contributed by atoms with van der Waals surface area (Å²) < 4.78 is 43.0. The van der Waals surface area contributed by atoms with Gasteiger partial charge in [0.25, 0.3) is 5.91 Å². The summed E-state index contributed by atoms with van der Waals surface area (Å²) in [6.45, 7) is 6.43. The molecule has 4 aromatic rings. The number of fused-ring (bicyclic) bond motifs is 2. The van der Waals surface area contributed by atoms with Crippen molar-refractivity contribution in [1.82, 2.24) is 29.2 Å². The smallest absolute Gasteiger partial charge is 0.347 e. The van der Waals surface area contributed by atoms with Crippen LogP contribution in [-0.4, -0.2) is 36.0 Å². The summed E-state index contributed by atoms with van der Waals surface area (Å²) >= 11 is 0. The number of carbonyl (C=O) groups is 1. The number of carbonyl (C=O) groups excluding carboxylic acids is 1. The van der Waals surface area contributed by atoms with Gasteiger partial charge in [-0.3, -0.25) is 9.20 Å². The molecule has 188 valence electrons. The number of amides is 1. The second-order valence-corrected chi connectivity index (χ2v) is 9.36. The third-order valence-corrected chi connectivity index (χ3v) is 6.72. The highest BCUT2D eigenvalue weighted by Gasteiger charge is 2.41. The zero-order chi connectivity index (χ0) is 25.6. The molecule has 1 aromatic carbocycles. The zero-order valence-electron chi connectivity index (χ0n) is 20.4. The fraction of sp³-hybridized carbons (Fsp3) is 0.385. The maximum atomic E-state index is 13.2. The Morgan fingerprint density at radius 2 is 2.00 bits per heavy atom. The average Bonchev–Trinajstić information content (AvgIpc) is 3.42. The minimum atomic E-state index is -4.20. The highest BCUT2D eigenvalue weighted by molar-refractivity contribution is 5.94. The molecule has 0 saturated carbocycles. The first-order chi connectivity index (χ1) is 17.1. The Bertz CT molecular complexity index is 1450. The van der Waals surface area contributed by atoms with E-state index in [2.05, 4.69) is 20.3 Å². The minimum absolute atomic E-state index is 0.0752. The normalized spacial score (nSPS) is 15.8. The number of nitrogens with one attached hydrogen (secondary N) is 1. The lowest BCUT2D eigenvalue weighted by Crippen LogP contribution is -2.31. The van der Waals surface area contributed by atoms with Crippen LogP contribution in [0, 0.1) is 19.8 Å². The largest absolute Gasteiger partial charge is 0.392 e. The van der Waals surface area contributed by atoms with Gasteiger partial charge in [0.2, 0.25) is 5.78 Å². The van der Waals surface area contributed by atoms with Crippen LogP contribution in [0.15, 0.2) is 36.8 Å². The number of alkyl halides is 3. The summed E-state index contributed by atoms with van der Waals surface area (Å²) in [5, 5.41) is 2.98. The van der Waals surface area contributed by atoms with Gasteiger partial charge in [-0.05, 0) is 43.4 Å². The molecule has 1 atom stereocenters. The second kappa shape index (κ2) is 9.07. The van der Waals surface area contributed by atoms with Gasteiger partial charge in [0, 0.05) is 43.7 Å². The fourth-order valence-corrected chi connectivity index (χ4v) is 4.79. The standard InChI is InChI=1S/C26H27F3N6O/c1-4-20-23(35-13-15(2)11-31-25(35)33-20)24(36)30-12-17-5-6-19(16(3)9-17)21-14-34-8-7-18(26(27,28)29)10-22(34)32-21/h5-6,9,11,13-14,18H,4,7-8,10,12H2,1-3H3,(H,30,36). The van der Waals surface area contributed by atoms with Crippen LogP contribution in [0.1, 0.15) is 52.0 Å². The Kier molecular flexibility index (Phi) is 6.05. The predicted octanol–water partition coefficient (Wildman–Crippen LogP) is 4.83. The number of hydrogen-bond donors (Lipinski definition) is 1. The van der Waals surface area contributed by atoms with Gasteiger partial charge in [0.05, 0.1) is 17.3 Å². The molecule has 0 spiro atoms. The quantitative estimate of drug-likeness (QED) is 0.430. The Morgan fingerprint density at radius 1 is 1.19 bits per heavy atom. The fourth-order valence-electron chi connectivity index (χ4n) is 4.79. The molecule has 1 aliphatic heterocycles. The Labute approximate surface area is 206 Å². The first kappa shape index (κ1) is 24.0. The average molecular weight is 497 g/mol. The molecular weight excluding hydrogens is 469 g/mol. The van der Waals surface area contributed by atoms with Gasteiger partial charge < -0.3 is 9.88 Å². The van der Waals surface area contributed by atoms with Crippen LogP contribution >= 0.6 is 0 Å². The van der Waals surface area contributed by atoms with Crippen LogP contribution in [0.3, 0.4) is 0 Å². The van der Waals surface area contributed by atoms with Crippen LogP contribution in [0.2, 0.25) is 0 Å². The van der Waals surface area contributed by atoms with Crippen molar-refractivity contribution in [2.24, 2.45) is 5.92 Å². The molecule has 4 heterocycles. The van der Waals surface area contributed by atoms with Gasteiger partial charge in [0.15, 0.2) is 0 Å². The molecule has 3 aromatic heterocycles. The van der Waals surface area contributed by atoms with Crippen molar-refractivity contribution in [3.8, 4) is 11.3 Å². The topological polar surface area (TPSA) is 77.1 Å². The molecule has 0 aliphatic carbocycles. The molecule has 10 heteroatoms. The van der Waals surface area contributed by atoms with Crippen molar-refractivity contribution in [3.63, 3.8) is 0 Å². The van der Waals surface area contributed by atoms with Crippen molar-refractivity contribution in [2.75, 3.05) is 0 Å². The van der Waals surface area contributed by atoms with E-state index in [0.29, 0.717) is 48.2 Å². The lowest BCUT2D eigenvalue weighted by molar-refractivity contribution is -0.179. The van der Waals surface area contributed by atoms with E-state index in [0.717, 1.165) is 22.3 Å². The number of rotatable bonds is 5. The van der Waals surface area contributed by atoms with Gasteiger partial charge in [-0.2, -0.15) is 13.2 Å². The SMILES string of the molecule is CCc1nc2ncc(C)cn2c1C(=O)NCc1ccc(-c2cn3c(n2)CC(C(F)(F)F)CC3)c(C)c1. The maximum absolute atomic E-state index is 13.2. The van der Waals surface area contributed by atoms with Crippen molar-refractivity contribution < 1.29 is 18.0 Å².